The Balaban J connectivity index is 1.38. The van der Waals surface area contributed by atoms with Gasteiger partial charge < -0.3 is 26.2 Å². The monoisotopic (exact) mass is 720 g/mol. The predicted octanol–water partition coefficient (Wildman–Crippen LogP) is 2.69. The van der Waals surface area contributed by atoms with Gasteiger partial charge in [-0.2, -0.15) is 0 Å². The summed E-state index contributed by atoms with van der Waals surface area (Å²) < 4.78 is 25.6. The van der Waals surface area contributed by atoms with Crippen LogP contribution in [0.1, 0.15) is 111 Å². The maximum Gasteiger partial charge on any atom is 0.315 e. The van der Waals surface area contributed by atoms with Crippen LogP contribution in [-0.2, 0) is 29.2 Å². The van der Waals surface area contributed by atoms with Gasteiger partial charge >= 0.3 is 6.03 Å². The van der Waals surface area contributed by atoms with Gasteiger partial charge in [-0.3, -0.25) is 19.2 Å². The number of Topliss-reactive ketones (excluding diaryl/α,β-unsaturated/α-hetero) is 1. The van der Waals surface area contributed by atoms with Crippen LogP contribution in [0.4, 0.5) is 4.79 Å². The summed E-state index contributed by atoms with van der Waals surface area (Å²) in [5, 5.41) is 11.6. The lowest BCUT2D eigenvalue weighted by atomic mass is 9.83. The molecule has 4 saturated carbocycles. The lowest BCUT2D eigenvalue weighted by Gasteiger charge is -2.37. The molecule has 5 fully saturated rings. The SMILES string of the molecule is CCCC(NC(=O)[C@@H]1[C@H]2CCC3(CC3)[C@H]2CN1C(=O)[C@@H](NC(=O)N[C@H](CN(C)S(C)(=O)=O)C(C)(C)C)C1CCCCC1)C(=O)C(=O)NC1CC1. The largest absolute Gasteiger partial charge is 0.347 e. The van der Waals surface area contributed by atoms with Crippen LogP contribution >= 0.6 is 0 Å². The summed E-state index contributed by atoms with van der Waals surface area (Å²) in [5.74, 6) is -2.03. The molecule has 0 aromatic heterocycles. The zero-order valence-corrected chi connectivity index (χ0v) is 31.7. The van der Waals surface area contributed by atoms with Crippen LogP contribution in [0.2, 0.25) is 0 Å². The van der Waals surface area contributed by atoms with Gasteiger partial charge in [-0.05, 0) is 86.4 Å². The third kappa shape index (κ3) is 8.82. The number of hydrogen-bond donors (Lipinski definition) is 4. The molecule has 4 aliphatic carbocycles. The smallest absolute Gasteiger partial charge is 0.315 e. The Morgan fingerprint density at radius 3 is 2.14 bits per heavy atom. The van der Waals surface area contributed by atoms with Crippen molar-refractivity contribution in [3.8, 4) is 0 Å². The van der Waals surface area contributed by atoms with E-state index in [1.807, 2.05) is 27.7 Å². The molecule has 1 spiro atoms. The number of amides is 5. The molecule has 1 unspecified atom stereocenters. The number of rotatable bonds is 14. The summed E-state index contributed by atoms with van der Waals surface area (Å²) in [6.07, 6.45) is 12.1. The molecule has 0 bridgehead atoms. The van der Waals surface area contributed by atoms with Crippen LogP contribution < -0.4 is 21.3 Å². The second-order valence-electron chi connectivity index (χ2n) is 17.0. The van der Waals surface area contributed by atoms with E-state index < -0.39 is 63.2 Å². The van der Waals surface area contributed by atoms with E-state index in [1.165, 1.54) is 11.4 Å². The van der Waals surface area contributed by atoms with E-state index in [-0.39, 0.29) is 41.7 Å². The zero-order valence-electron chi connectivity index (χ0n) is 30.9. The quantitative estimate of drug-likeness (QED) is 0.200. The molecule has 50 heavy (non-hydrogen) atoms. The van der Waals surface area contributed by atoms with Crippen LogP contribution in [0, 0.1) is 28.6 Å². The number of sulfonamides is 1. The van der Waals surface area contributed by atoms with Crippen molar-refractivity contribution in [2.75, 3.05) is 26.4 Å². The van der Waals surface area contributed by atoms with Crippen molar-refractivity contribution in [2.24, 2.45) is 28.6 Å². The summed E-state index contributed by atoms with van der Waals surface area (Å²) in [5.41, 5.74) is -0.353. The van der Waals surface area contributed by atoms with Crippen LogP contribution in [0.3, 0.4) is 0 Å². The van der Waals surface area contributed by atoms with E-state index in [9.17, 15) is 32.4 Å². The van der Waals surface area contributed by atoms with Crippen LogP contribution in [0.5, 0.6) is 0 Å². The number of likely N-dealkylation sites (tertiary alicyclic amines) is 1. The Morgan fingerprint density at radius 1 is 0.920 bits per heavy atom. The number of fused-ring (bicyclic) bond motifs is 2. The Kier molecular flexibility index (Phi) is 11.6. The lowest BCUT2D eigenvalue weighted by Crippen LogP contribution is -2.61. The molecule has 0 aromatic carbocycles. The number of likely N-dealkylation sites (N-methyl/N-ethyl adjacent to an activating group) is 1. The van der Waals surface area contributed by atoms with Crippen molar-refractivity contribution in [3.05, 3.63) is 0 Å². The molecule has 14 heteroatoms. The Labute approximate surface area is 298 Å². The molecule has 5 rings (SSSR count). The average molecular weight is 721 g/mol. The topological polar surface area (TPSA) is 174 Å². The van der Waals surface area contributed by atoms with Gasteiger partial charge in [0.2, 0.25) is 27.6 Å². The van der Waals surface area contributed by atoms with Gasteiger partial charge in [0.05, 0.1) is 12.3 Å². The van der Waals surface area contributed by atoms with E-state index in [4.69, 9.17) is 0 Å². The fourth-order valence-electron chi connectivity index (χ4n) is 8.66. The maximum atomic E-state index is 14.8. The first-order valence-electron chi connectivity index (χ1n) is 18.9. The lowest BCUT2D eigenvalue weighted by molar-refractivity contribution is -0.144. The summed E-state index contributed by atoms with van der Waals surface area (Å²) in [7, 11) is -2.02. The molecule has 13 nitrogen and oxygen atoms in total. The van der Waals surface area contributed by atoms with Gasteiger partial charge in [0, 0.05) is 32.2 Å². The predicted molar refractivity (Wildman–Crippen MR) is 189 cm³/mol. The van der Waals surface area contributed by atoms with Gasteiger partial charge in [0.1, 0.15) is 12.1 Å². The molecule has 6 atom stereocenters. The molecular weight excluding hydrogens is 660 g/mol. The molecule has 1 saturated heterocycles. The highest BCUT2D eigenvalue weighted by Gasteiger charge is 2.64. The zero-order chi connectivity index (χ0) is 36.6. The molecule has 0 radical (unpaired) electrons. The van der Waals surface area contributed by atoms with Gasteiger partial charge in [0.25, 0.3) is 5.91 Å². The summed E-state index contributed by atoms with van der Waals surface area (Å²) in [6.45, 7) is 8.15. The highest BCUT2D eigenvalue weighted by Crippen LogP contribution is 2.66. The standard InChI is InChI=1S/C36H60N6O7S/c1-7-11-26(30(43)32(45)37-23-14-15-23)38-31(44)29-24-16-17-36(18-19-36)25(24)20-42(29)33(46)28(22-12-9-8-10-13-22)40-34(47)39-27(35(2,3)4)21-41(5)50(6,48)49/h22-29H,7-21H2,1-6H3,(H,37,45)(H,38,44)(H2,39,40,47)/t24-,25-,26?,27+,28-,29-/m0/s1. The molecular formula is C36H60N6O7S. The van der Waals surface area contributed by atoms with Gasteiger partial charge in [-0.25, -0.2) is 17.5 Å². The minimum Gasteiger partial charge on any atom is -0.347 e. The van der Waals surface area contributed by atoms with Gasteiger partial charge in [-0.1, -0.05) is 53.4 Å². The van der Waals surface area contributed by atoms with Crippen molar-refractivity contribution in [3.63, 3.8) is 0 Å². The minimum absolute atomic E-state index is 0.0158. The Bertz CT molecular complexity index is 1420. The van der Waals surface area contributed by atoms with E-state index in [2.05, 4.69) is 21.3 Å². The molecule has 5 amide bonds. The summed E-state index contributed by atoms with van der Waals surface area (Å²) in [6, 6.07) is -3.73. The fourth-order valence-corrected chi connectivity index (χ4v) is 9.08. The fraction of sp³-hybridized carbons (Fsp3) is 0.861. The van der Waals surface area contributed by atoms with Gasteiger partial charge in [0.15, 0.2) is 0 Å². The highest BCUT2D eigenvalue weighted by atomic mass is 32.2. The van der Waals surface area contributed by atoms with Crippen LogP contribution in [0.15, 0.2) is 0 Å². The van der Waals surface area contributed by atoms with Crippen LogP contribution in [0.25, 0.3) is 0 Å². The number of carbonyl (C=O) groups is 5. The van der Waals surface area contributed by atoms with Crippen molar-refractivity contribution < 1.29 is 32.4 Å². The molecule has 0 aromatic rings. The van der Waals surface area contributed by atoms with Crippen molar-refractivity contribution in [2.45, 2.75) is 141 Å². The third-order valence-electron chi connectivity index (χ3n) is 12.2. The number of nitrogens with one attached hydrogen (secondary N) is 4. The summed E-state index contributed by atoms with van der Waals surface area (Å²) >= 11 is 0. The molecule has 1 heterocycles. The number of ketones is 1. The number of nitrogens with zero attached hydrogens (tertiary/aromatic N) is 2. The van der Waals surface area contributed by atoms with Crippen LogP contribution in [-0.4, -0.2) is 104 Å². The minimum atomic E-state index is -3.49. The van der Waals surface area contributed by atoms with E-state index in [0.29, 0.717) is 19.4 Å². The van der Waals surface area contributed by atoms with Gasteiger partial charge in [-0.15, -0.1) is 0 Å². The first kappa shape index (κ1) is 38.5. The second kappa shape index (κ2) is 15.1. The molecule has 4 N–H and O–H groups in total. The van der Waals surface area contributed by atoms with E-state index in [0.717, 1.165) is 76.9 Å². The number of urea groups is 1. The van der Waals surface area contributed by atoms with Crippen molar-refractivity contribution in [1.29, 1.82) is 0 Å². The second-order valence-corrected chi connectivity index (χ2v) is 19.1. The number of carbonyl (C=O) groups excluding carboxylic acids is 5. The highest BCUT2D eigenvalue weighted by molar-refractivity contribution is 7.88. The Morgan fingerprint density at radius 2 is 1.58 bits per heavy atom. The average Bonchev–Trinajstić information content (AvgIpc) is 3.96. The summed E-state index contributed by atoms with van der Waals surface area (Å²) in [4.78, 5) is 70.5. The normalized spacial score (nSPS) is 26.5. The molecule has 5 aliphatic rings. The number of hydrogen-bond acceptors (Lipinski definition) is 7. The first-order chi connectivity index (χ1) is 23.4. The van der Waals surface area contributed by atoms with Crippen molar-refractivity contribution in [1.82, 2.24) is 30.5 Å². The molecule has 1 aliphatic heterocycles. The maximum absolute atomic E-state index is 14.8. The van der Waals surface area contributed by atoms with Crippen molar-refractivity contribution >= 4 is 39.6 Å². The third-order valence-corrected chi connectivity index (χ3v) is 13.5. The first-order valence-corrected chi connectivity index (χ1v) is 20.7. The van der Waals surface area contributed by atoms with E-state index >= 15 is 0 Å². The molecule has 282 valence electrons. The Hall–Kier alpha value is -2.74. The van der Waals surface area contributed by atoms with E-state index in [1.54, 1.807) is 4.90 Å².